The topological polar surface area (TPSA) is 102 Å². The van der Waals surface area contributed by atoms with E-state index in [4.69, 9.17) is 32.7 Å². The van der Waals surface area contributed by atoms with E-state index < -0.39 is 17.7 Å². The Morgan fingerprint density at radius 2 is 1.96 bits per heavy atom. The second-order valence-corrected chi connectivity index (χ2v) is 14.6. The van der Waals surface area contributed by atoms with Gasteiger partial charge in [0.05, 0.1) is 18.2 Å². The molecule has 2 aliphatic heterocycles. The average molecular weight is 697 g/mol. The third-order valence-corrected chi connectivity index (χ3v) is 10.4. The van der Waals surface area contributed by atoms with E-state index in [0.29, 0.717) is 56.0 Å². The molecule has 0 aliphatic carbocycles. The molecule has 46 heavy (non-hydrogen) atoms. The van der Waals surface area contributed by atoms with Crippen molar-refractivity contribution in [1.29, 1.82) is 0 Å². The number of halogens is 2. The number of anilines is 1. The minimum absolute atomic E-state index is 0.0107. The van der Waals surface area contributed by atoms with Crippen molar-refractivity contribution in [3.8, 4) is 11.5 Å². The first-order valence-electron chi connectivity index (χ1n) is 14.8. The number of aliphatic hydroxyl groups is 1. The number of carbonyl (C=O) groups is 2. The van der Waals surface area contributed by atoms with Gasteiger partial charge in [0.1, 0.15) is 23.4 Å². The number of aromatic nitrogens is 2. The van der Waals surface area contributed by atoms with Crippen molar-refractivity contribution in [2.45, 2.75) is 55.9 Å². The second-order valence-electron chi connectivity index (χ2n) is 11.6. The van der Waals surface area contributed by atoms with Crippen molar-refractivity contribution in [2.75, 3.05) is 11.5 Å². The summed E-state index contributed by atoms with van der Waals surface area (Å²) in [5.41, 5.74) is 2.79. The van der Waals surface area contributed by atoms with Gasteiger partial charge in [0.25, 0.3) is 5.78 Å². The van der Waals surface area contributed by atoms with E-state index in [-0.39, 0.29) is 22.6 Å². The second kappa shape index (κ2) is 13.7. The maximum atomic E-state index is 13.7. The molecule has 0 saturated carbocycles. The fraction of sp³-hybridized carbons (Fsp3) is 0.294. The quantitative estimate of drug-likeness (QED) is 0.0579. The molecule has 1 fully saturated rings. The zero-order valence-electron chi connectivity index (χ0n) is 25.3. The van der Waals surface area contributed by atoms with Gasteiger partial charge >= 0.3 is 5.91 Å². The summed E-state index contributed by atoms with van der Waals surface area (Å²) in [5, 5.41) is 21.6. The summed E-state index contributed by atoms with van der Waals surface area (Å²) in [5.74, 6) is 0.433. The van der Waals surface area contributed by atoms with Crippen LogP contribution in [0.3, 0.4) is 0 Å². The zero-order valence-corrected chi connectivity index (χ0v) is 28.5. The Labute approximate surface area is 285 Å². The van der Waals surface area contributed by atoms with Gasteiger partial charge in [-0.25, -0.2) is 0 Å². The van der Waals surface area contributed by atoms with Crippen LogP contribution in [0.4, 0.5) is 5.13 Å². The molecule has 0 radical (unpaired) electrons. The summed E-state index contributed by atoms with van der Waals surface area (Å²) in [6, 6.07) is 16.9. The number of hydrogen-bond acceptors (Lipinski definition) is 9. The van der Waals surface area contributed by atoms with Crippen molar-refractivity contribution >= 4 is 68.9 Å². The number of carbonyl (C=O) groups excluding carboxylic acids is 2. The molecule has 0 bridgehead atoms. The lowest BCUT2D eigenvalue weighted by Gasteiger charge is -2.23. The molecule has 6 rings (SSSR count). The molecule has 2 aliphatic rings. The summed E-state index contributed by atoms with van der Waals surface area (Å²) in [7, 11) is 0. The highest BCUT2D eigenvalue weighted by atomic mass is 35.5. The highest BCUT2D eigenvalue weighted by molar-refractivity contribution is 8.00. The Bertz CT molecular complexity index is 1840. The molecule has 1 aromatic heterocycles. The standard InChI is InChI=1S/C34H31Cl2N3O5S2/c1-18(2)11-12-43-25-6-4-5-20(15-25)29-28(30(40)21-8-10-27-23(14-21)13-19(3)44-27)31(41)32(42)39(29)33-37-38-34(46-33)45-17-22-7-9-24(35)16-26(22)36/h4-10,14-16,18-19,29,40H,11-13,17H2,1-3H3/b30-28+/t19-,29+/m0/s1. The van der Waals surface area contributed by atoms with Gasteiger partial charge in [-0.3, -0.25) is 14.5 Å². The fourth-order valence-corrected chi connectivity index (χ4v) is 7.82. The summed E-state index contributed by atoms with van der Waals surface area (Å²) in [6.07, 6.45) is 1.56. The first-order chi connectivity index (χ1) is 22.1. The summed E-state index contributed by atoms with van der Waals surface area (Å²) in [6.45, 7) is 6.74. The van der Waals surface area contributed by atoms with Crippen molar-refractivity contribution in [2.24, 2.45) is 5.92 Å². The molecule has 238 valence electrons. The van der Waals surface area contributed by atoms with Crippen LogP contribution in [0, 0.1) is 5.92 Å². The van der Waals surface area contributed by atoms with Crippen LogP contribution in [0.15, 0.2) is 70.6 Å². The maximum absolute atomic E-state index is 13.7. The predicted octanol–water partition coefficient (Wildman–Crippen LogP) is 8.51. The monoisotopic (exact) mass is 695 g/mol. The van der Waals surface area contributed by atoms with Gasteiger partial charge in [-0.2, -0.15) is 0 Å². The Morgan fingerprint density at radius 1 is 1.13 bits per heavy atom. The fourth-order valence-electron chi connectivity index (χ4n) is 5.39. The van der Waals surface area contributed by atoms with Gasteiger partial charge < -0.3 is 14.6 Å². The molecule has 12 heteroatoms. The highest BCUT2D eigenvalue weighted by Gasteiger charge is 2.48. The lowest BCUT2D eigenvalue weighted by molar-refractivity contribution is -0.132. The molecule has 3 heterocycles. The largest absolute Gasteiger partial charge is 0.507 e. The molecule has 1 N–H and O–H groups in total. The van der Waals surface area contributed by atoms with Gasteiger partial charge in [0, 0.05) is 27.8 Å². The van der Waals surface area contributed by atoms with Crippen LogP contribution in [0.1, 0.15) is 55.5 Å². The van der Waals surface area contributed by atoms with E-state index in [1.165, 1.54) is 28.0 Å². The number of benzene rings is 3. The average Bonchev–Trinajstić information content (AvgIpc) is 3.71. The highest BCUT2D eigenvalue weighted by Crippen LogP contribution is 2.45. The van der Waals surface area contributed by atoms with Gasteiger partial charge in [-0.05, 0) is 78.4 Å². The SMILES string of the molecule is CC(C)CCOc1cccc([C@@H]2/C(=C(\O)c3ccc4c(c3)C[C@H](C)O4)C(=O)C(=O)N2c2nnc(SCc3ccc(Cl)cc3Cl)s2)c1. The number of aliphatic hydroxyl groups excluding tert-OH is 1. The molecule has 0 spiro atoms. The molecule has 1 saturated heterocycles. The van der Waals surface area contributed by atoms with E-state index in [1.54, 1.807) is 30.3 Å². The van der Waals surface area contributed by atoms with Gasteiger partial charge in [-0.15, -0.1) is 10.2 Å². The predicted molar refractivity (Wildman–Crippen MR) is 182 cm³/mol. The number of hydrogen-bond donors (Lipinski definition) is 1. The van der Waals surface area contributed by atoms with E-state index in [1.807, 2.05) is 37.3 Å². The van der Waals surface area contributed by atoms with E-state index in [2.05, 4.69) is 24.0 Å². The molecule has 8 nitrogen and oxygen atoms in total. The number of Topliss-reactive ketones (excluding diaryl/α,β-unsaturated/α-hetero) is 1. The Hall–Kier alpha value is -3.57. The Morgan fingerprint density at radius 3 is 2.74 bits per heavy atom. The third kappa shape index (κ3) is 6.76. The number of ketones is 1. The van der Waals surface area contributed by atoms with Crippen LogP contribution in [0.2, 0.25) is 10.0 Å². The lowest BCUT2D eigenvalue weighted by atomic mass is 9.94. The van der Waals surface area contributed by atoms with E-state index in [0.717, 1.165) is 23.3 Å². The van der Waals surface area contributed by atoms with Crippen LogP contribution < -0.4 is 14.4 Å². The number of nitrogens with zero attached hydrogens (tertiary/aromatic N) is 3. The maximum Gasteiger partial charge on any atom is 0.301 e. The molecule has 0 unspecified atom stereocenters. The van der Waals surface area contributed by atoms with Crippen LogP contribution in [0.25, 0.3) is 5.76 Å². The number of amides is 1. The van der Waals surface area contributed by atoms with Crippen LogP contribution in [-0.4, -0.2) is 39.7 Å². The third-order valence-electron chi connectivity index (χ3n) is 7.72. The van der Waals surface area contributed by atoms with Crippen molar-refractivity contribution in [3.05, 3.63) is 98.5 Å². The first kappa shape index (κ1) is 32.4. The Balaban J connectivity index is 1.37. The summed E-state index contributed by atoms with van der Waals surface area (Å²) >= 11 is 15.0. The summed E-state index contributed by atoms with van der Waals surface area (Å²) in [4.78, 5) is 28.8. The van der Waals surface area contributed by atoms with Crippen molar-refractivity contribution in [1.82, 2.24) is 10.2 Å². The van der Waals surface area contributed by atoms with Crippen molar-refractivity contribution < 1.29 is 24.2 Å². The minimum atomic E-state index is -0.964. The van der Waals surface area contributed by atoms with E-state index in [9.17, 15) is 14.7 Å². The zero-order chi connectivity index (χ0) is 32.5. The number of thioether (sulfide) groups is 1. The van der Waals surface area contributed by atoms with E-state index >= 15 is 0 Å². The minimum Gasteiger partial charge on any atom is -0.507 e. The number of rotatable bonds is 10. The van der Waals surface area contributed by atoms with Crippen LogP contribution >= 0.6 is 46.3 Å². The lowest BCUT2D eigenvalue weighted by Crippen LogP contribution is -2.29. The summed E-state index contributed by atoms with van der Waals surface area (Å²) < 4.78 is 12.4. The van der Waals surface area contributed by atoms with Gasteiger partial charge in [0.2, 0.25) is 5.13 Å². The number of fused-ring (bicyclic) bond motifs is 1. The molecule has 2 atom stereocenters. The molecule has 4 aromatic rings. The Kier molecular flexibility index (Phi) is 9.61. The van der Waals surface area contributed by atoms with Crippen LogP contribution in [0.5, 0.6) is 11.5 Å². The molecular weight excluding hydrogens is 665 g/mol. The number of ether oxygens (including phenoxy) is 2. The van der Waals surface area contributed by atoms with Gasteiger partial charge in [0.15, 0.2) is 4.34 Å². The molecule has 1 amide bonds. The van der Waals surface area contributed by atoms with Gasteiger partial charge in [-0.1, -0.05) is 78.3 Å². The molecular formula is C34H31Cl2N3O5S2. The molecule has 3 aromatic carbocycles. The van der Waals surface area contributed by atoms with Crippen molar-refractivity contribution in [3.63, 3.8) is 0 Å². The first-order valence-corrected chi connectivity index (χ1v) is 17.4. The normalized spacial score (nSPS) is 18.7. The van der Waals surface area contributed by atoms with Crippen LogP contribution in [-0.2, 0) is 21.8 Å². The smallest absolute Gasteiger partial charge is 0.301 e.